The average Bonchev–Trinajstić information content (AvgIpc) is 2.91. The van der Waals surface area contributed by atoms with Crippen molar-refractivity contribution in [1.82, 2.24) is 5.32 Å². The normalized spacial score (nSPS) is 40.1. The maximum absolute atomic E-state index is 3.74. The summed E-state index contributed by atoms with van der Waals surface area (Å²) in [5, 5.41) is 3.74. The van der Waals surface area contributed by atoms with Crippen LogP contribution in [0.3, 0.4) is 0 Å². The fourth-order valence-electron chi connectivity index (χ4n) is 3.11. The highest BCUT2D eigenvalue weighted by Crippen LogP contribution is 2.34. The Morgan fingerprint density at radius 3 is 2.80 bits per heavy atom. The highest BCUT2D eigenvalue weighted by atomic mass is 15.0. The molecule has 0 amide bonds. The van der Waals surface area contributed by atoms with Gasteiger partial charge in [-0.2, -0.15) is 0 Å². The summed E-state index contributed by atoms with van der Waals surface area (Å²) in [7, 11) is 0. The predicted molar refractivity (Wildman–Crippen MR) is 65.8 cm³/mol. The van der Waals surface area contributed by atoms with E-state index in [0.717, 1.165) is 23.8 Å². The molecule has 1 saturated carbocycles. The van der Waals surface area contributed by atoms with Gasteiger partial charge in [-0.25, -0.2) is 0 Å². The minimum atomic E-state index is 0.798. The lowest BCUT2D eigenvalue weighted by Gasteiger charge is -2.25. The quantitative estimate of drug-likeness (QED) is 0.697. The Bertz CT molecular complexity index is 244. The number of hydrogen-bond donors (Lipinski definition) is 1. The molecule has 0 radical (unpaired) electrons. The highest BCUT2D eigenvalue weighted by molar-refractivity contribution is 5.06. The minimum absolute atomic E-state index is 0.798. The van der Waals surface area contributed by atoms with Crippen LogP contribution in [0.15, 0.2) is 11.6 Å². The molecule has 1 heteroatoms. The lowest BCUT2D eigenvalue weighted by atomic mass is 9.84. The number of rotatable bonds is 4. The molecule has 2 aliphatic rings. The van der Waals surface area contributed by atoms with Gasteiger partial charge in [0.2, 0.25) is 0 Å². The van der Waals surface area contributed by atoms with Crippen LogP contribution in [0.2, 0.25) is 0 Å². The first-order valence-corrected chi connectivity index (χ1v) is 6.59. The van der Waals surface area contributed by atoms with Crippen molar-refractivity contribution < 1.29 is 0 Å². The molecule has 0 aromatic heterocycles. The summed E-state index contributed by atoms with van der Waals surface area (Å²) >= 11 is 0. The molecule has 0 aromatic carbocycles. The fraction of sp³-hybridized carbons (Fsp3) is 0.857. The zero-order chi connectivity index (χ0) is 10.8. The molecule has 1 N–H and O–H groups in total. The molecule has 15 heavy (non-hydrogen) atoms. The van der Waals surface area contributed by atoms with Crippen LogP contribution in [-0.2, 0) is 0 Å². The molecule has 2 aliphatic carbocycles. The molecule has 1 nitrogen and oxygen atoms in total. The van der Waals surface area contributed by atoms with Crippen molar-refractivity contribution in [2.45, 2.75) is 52.5 Å². The summed E-state index contributed by atoms with van der Waals surface area (Å²) in [5.74, 6) is 2.68. The van der Waals surface area contributed by atoms with Gasteiger partial charge in [-0.15, -0.1) is 0 Å². The van der Waals surface area contributed by atoms with E-state index >= 15 is 0 Å². The number of nitrogens with one attached hydrogen (secondary N) is 1. The molecular weight excluding hydrogens is 182 g/mol. The molecule has 0 aromatic rings. The Balaban J connectivity index is 1.70. The first-order chi connectivity index (χ1) is 7.19. The van der Waals surface area contributed by atoms with Gasteiger partial charge in [0.25, 0.3) is 0 Å². The molecule has 4 atom stereocenters. The van der Waals surface area contributed by atoms with Gasteiger partial charge < -0.3 is 5.32 Å². The van der Waals surface area contributed by atoms with Crippen molar-refractivity contribution in [3.8, 4) is 0 Å². The predicted octanol–water partition coefficient (Wildman–Crippen LogP) is 3.37. The van der Waals surface area contributed by atoms with Crippen molar-refractivity contribution in [1.29, 1.82) is 0 Å². The Hall–Kier alpha value is -0.300. The van der Waals surface area contributed by atoms with E-state index in [1.54, 1.807) is 5.57 Å². The smallest absolute Gasteiger partial charge is 0.00991 e. The summed E-state index contributed by atoms with van der Waals surface area (Å²) in [5.41, 5.74) is 1.60. The third kappa shape index (κ3) is 3.07. The van der Waals surface area contributed by atoms with E-state index in [9.17, 15) is 0 Å². The standard InChI is InChI=1S/C14H25N/c1-4-13-8-14(13)15-9-12-6-10(2)5-11(3)7-12/h5,10,12-15H,4,6-9H2,1-3H3. The Morgan fingerprint density at radius 2 is 2.20 bits per heavy atom. The fourth-order valence-corrected chi connectivity index (χ4v) is 3.11. The molecule has 0 bridgehead atoms. The van der Waals surface area contributed by atoms with Crippen LogP contribution in [0, 0.1) is 17.8 Å². The van der Waals surface area contributed by atoms with E-state index < -0.39 is 0 Å². The van der Waals surface area contributed by atoms with Gasteiger partial charge in [0.05, 0.1) is 0 Å². The maximum atomic E-state index is 3.74. The summed E-state index contributed by atoms with van der Waals surface area (Å²) < 4.78 is 0. The van der Waals surface area contributed by atoms with Crippen LogP contribution in [-0.4, -0.2) is 12.6 Å². The molecular formula is C14H25N. The first kappa shape index (κ1) is 11.2. The highest BCUT2D eigenvalue weighted by Gasteiger charge is 2.35. The van der Waals surface area contributed by atoms with E-state index in [2.05, 4.69) is 32.2 Å². The largest absolute Gasteiger partial charge is 0.313 e. The van der Waals surface area contributed by atoms with Crippen molar-refractivity contribution in [3.05, 3.63) is 11.6 Å². The second kappa shape index (κ2) is 4.69. The third-order valence-electron chi connectivity index (χ3n) is 4.00. The summed E-state index contributed by atoms with van der Waals surface area (Å²) in [6.07, 6.45) is 7.93. The van der Waals surface area contributed by atoms with Crippen LogP contribution < -0.4 is 5.32 Å². The average molecular weight is 207 g/mol. The molecule has 0 aliphatic heterocycles. The van der Waals surface area contributed by atoms with Gasteiger partial charge in [0.15, 0.2) is 0 Å². The Kier molecular flexibility index (Phi) is 3.50. The van der Waals surface area contributed by atoms with Crippen LogP contribution in [0.4, 0.5) is 0 Å². The van der Waals surface area contributed by atoms with E-state index in [1.807, 2.05) is 0 Å². The molecule has 4 unspecified atom stereocenters. The number of allylic oxidation sites excluding steroid dienone is 2. The maximum Gasteiger partial charge on any atom is 0.00991 e. The summed E-state index contributed by atoms with van der Waals surface area (Å²) in [4.78, 5) is 0. The van der Waals surface area contributed by atoms with Gasteiger partial charge in [-0.3, -0.25) is 0 Å². The van der Waals surface area contributed by atoms with Crippen LogP contribution in [0.25, 0.3) is 0 Å². The second-order valence-corrected chi connectivity index (χ2v) is 5.71. The lowest BCUT2D eigenvalue weighted by Crippen LogP contribution is -2.28. The summed E-state index contributed by atoms with van der Waals surface area (Å²) in [6, 6.07) is 0.858. The van der Waals surface area contributed by atoms with Gasteiger partial charge in [-0.05, 0) is 50.5 Å². The second-order valence-electron chi connectivity index (χ2n) is 5.71. The number of hydrogen-bond acceptors (Lipinski definition) is 1. The van der Waals surface area contributed by atoms with E-state index in [-0.39, 0.29) is 0 Å². The minimum Gasteiger partial charge on any atom is -0.313 e. The van der Waals surface area contributed by atoms with Crippen molar-refractivity contribution in [2.24, 2.45) is 17.8 Å². The Labute approximate surface area is 94.3 Å². The van der Waals surface area contributed by atoms with Crippen molar-refractivity contribution in [3.63, 3.8) is 0 Å². The monoisotopic (exact) mass is 207 g/mol. The molecule has 0 saturated heterocycles. The van der Waals surface area contributed by atoms with Gasteiger partial charge in [0.1, 0.15) is 0 Å². The van der Waals surface area contributed by atoms with E-state index in [0.29, 0.717) is 0 Å². The van der Waals surface area contributed by atoms with Gasteiger partial charge in [-0.1, -0.05) is 31.9 Å². The molecule has 2 rings (SSSR count). The topological polar surface area (TPSA) is 12.0 Å². The zero-order valence-electron chi connectivity index (χ0n) is 10.4. The van der Waals surface area contributed by atoms with E-state index in [4.69, 9.17) is 0 Å². The van der Waals surface area contributed by atoms with Crippen LogP contribution in [0.5, 0.6) is 0 Å². The lowest BCUT2D eigenvalue weighted by molar-refractivity contribution is 0.377. The molecule has 0 heterocycles. The third-order valence-corrected chi connectivity index (χ3v) is 4.00. The summed E-state index contributed by atoms with van der Waals surface area (Å²) in [6.45, 7) is 8.19. The van der Waals surface area contributed by atoms with Gasteiger partial charge >= 0.3 is 0 Å². The first-order valence-electron chi connectivity index (χ1n) is 6.59. The van der Waals surface area contributed by atoms with Gasteiger partial charge in [0, 0.05) is 6.04 Å². The molecule has 0 spiro atoms. The zero-order valence-corrected chi connectivity index (χ0v) is 10.4. The van der Waals surface area contributed by atoms with Crippen molar-refractivity contribution >= 4 is 0 Å². The molecule has 1 fully saturated rings. The van der Waals surface area contributed by atoms with Crippen LogP contribution in [0.1, 0.15) is 46.5 Å². The van der Waals surface area contributed by atoms with E-state index in [1.165, 1.54) is 32.2 Å². The van der Waals surface area contributed by atoms with Crippen LogP contribution >= 0.6 is 0 Å². The SMILES string of the molecule is CCC1CC1NCC1CC(C)=CC(C)C1. The molecule has 86 valence electrons. The Morgan fingerprint density at radius 1 is 1.40 bits per heavy atom. The van der Waals surface area contributed by atoms with Crippen molar-refractivity contribution in [2.75, 3.05) is 6.54 Å².